The number of hydrogen-bond acceptors (Lipinski definition) is 30. The van der Waals surface area contributed by atoms with E-state index < -0.39 is 70.2 Å². The van der Waals surface area contributed by atoms with Crippen LogP contribution in [-0.2, 0) is 62.9 Å². The van der Waals surface area contributed by atoms with Gasteiger partial charge in [-0.15, -0.1) is 0 Å². The Labute approximate surface area is 811 Å². The number of hydrazone groups is 4. The van der Waals surface area contributed by atoms with Crippen LogP contribution in [0.3, 0.4) is 0 Å². The highest BCUT2D eigenvalue weighted by atomic mass is 19.4. The van der Waals surface area contributed by atoms with Crippen molar-refractivity contribution in [3.05, 3.63) is 273 Å². The smallest absolute Gasteiger partial charge is 0.378 e. The number of morpholine rings is 4. The molecule has 143 heavy (non-hydrogen) atoms. The monoisotopic (exact) mass is 2000 g/mol. The first-order valence-corrected chi connectivity index (χ1v) is 45.3. The zero-order chi connectivity index (χ0) is 102. The molecule has 0 amide bonds. The molecule has 0 spiro atoms. The quantitative estimate of drug-likeness (QED) is 0.0118. The largest absolute Gasteiger partial charge is 0.416 e. The number of anilines is 16. The van der Waals surface area contributed by atoms with Crippen LogP contribution in [0.4, 0.5) is 163 Å². The van der Waals surface area contributed by atoms with Gasteiger partial charge in [-0.05, 0) is 169 Å². The zero-order valence-electron chi connectivity index (χ0n) is 77.8. The van der Waals surface area contributed by atoms with Gasteiger partial charge < -0.3 is 59.8 Å². The fourth-order valence-electron chi connectivity index (χ4n) is 14.7. The maximum Gasteiger partial charge on any atom is 0.416 e. The van der Waals surface area contributed by atoms with E-state index in [1.807, 2.05) is 58.9 Å². The molecule has 4 aliphatic rings. The number of aryl methyl sites for hydroxylation is 3. The molecule has 46 heteroatoms. The SMILES string of the molecule is CC(C)c1cc(Nc2cccc(C(F)(F)F)c2)ccc1/C=N/Nc1ncc(F)c(N2CCOCC2)n1.CCCc1cc(Nc2cccc(C(F)(F)F)c2)ccc1/C=N/Nc1ncc(F)c(N2CCOCC2)n1.CCCc1nc(/C=N/Nc2ncc(F)c(N3CCOCC3)n2)ccc1Nc1cccc(C(F)(F)F)c1.CCc1nc(/C=N/Nc2ncc(F)c(N3CCOCC3)n2)ccc1Nc1cccc(C(F)(F)F)c1. The predicted octanol–water partition coefficient (Wildman–Crippen LogP) is 21.0. The molecule has 6 aromatic carbocycles. The minimum absolute atomic E-state index is 0.115. The predicted molar refractivity (Wildman–Crippen MR) is 517 cm³/mol. The number of aromatic nitrogens is 10. The van der Waals surface area contributed by atoms with Crippen molar-refractivity contribution in [1.82, 2.24) is 49.8 Å². The molecule has 10 heterocycles. The van der Waals surface area contributed by atoms with Crippen LogP contribution in [0, 0.1) is 23.3 Å². The van der Waals surface area contributed by atoms with Crippen molar-refractivity contribution in [2.75, 3.05) is 168 Å². The van der Waals surface area contributed by atoms with Gasteiger partial charge in [0.25, 0.3) is 0 Å². The number of halogens is 16. The minimum atomic E-state index is -4.42. The molecule has 0 unspecified atom stereocenters. The summed E-state index contributed by atoms with van der Waals surface area (Å²) in [6.45, 7) is 18.2. The Morgan fingerprint density at radius 2 is 0.636 bits per heavy atom. The summed E-state index contributed by atoms with van der Waals surface area (Å²) in [6, 6.07) is 37.9. The van der Waals surface area contributed by atoms with E-state index in [0.717, 1.165) is 115 Å². The third-order valence-electron chi connectivity index (χ3n) is 21.7. The molecule has 0 aliphatic carbocycles. The lowest BCUT2D eigenvalue weighted by Gasteiger charge is -2.27. The first kappa shape index (κ1) is 105. The Hall–Kier alpha value is -15.1. The van der Waals surface area contributed by atoms with Crippen LogP contribution in [-0.4, -0.2) is 180 Å². The van der Waals surface area contributed by atoms with E-state index in [2.05, 4.69) is 113 Å². The normalized spacial score (nSPS) is 14.4. The fourth-order valence-corrected chi connectivity index (χ4v) is 14.7. The first-order valence-electron chi connectivity index (χ1n) is 45.3. The Morgan fingerprint density at radius 1 is 0.336 bits per heavy atom. The summed E-state index contributed by atoms with van der Waals surface area (Å²) >= 11 is 0. The molecule has 30 nitrogen and oxygen atoms in total. The second-order valence-corrected chi connectivity index (χ2v) is 32.4. The van der Waals surface area contributed by atoms with Crippen molar-refractivity contribution >= 4 is 117 Å². The molecule has 4 aliphatic heterocycles. The van der Waals surface area contributed by atoms with Gasteiger partial charge in [0.15, 0.2) is 46.5 Å². The summed E-state index contributed by atoms with van der Waals surface area (Å²) in [5.41, 5.74) is 17.7. The van der Waals surface area contributed by atoms with Crippen molar-refractivity contribution < 1.29 is 89.2 Å². The van der Waals surface area contributed by atoms with Crippen LogP contribution in [0.15, 0.2) is 203 Å². The van der Waals surface area contributed by atoms with E-state index in [4.69, 9.17) is 18.9 Å². The van der Waals surface area contributed by atoms with Gasteiger partial charge in [-0.3, -0.25) is 0 Å². The lowest BCUT2D eigenvalue weighted by molar-refractivity contribution is -0.138. The maximum absolute atomic E-state index is 14.2. The number of pyridine rings is 2. The number of rotatable bonds is 30. The molecule has 754 valence electrons. The lowest BCUT2D eigenvalue weighted by Crippen LogP contribution is -2.37. The van der Waals surface area contributed by atoms with E-state index in [0.29, 0.717) is 186 Å². The van der Waals surface area contributed by atoms with Crippen molar-refractivity contribution in [3.63, 3.8) is 0 Å². The van der Waals surface area contributed by atoms with Gasteiger partial charge >= 0.3 is 24.7 Å². The Morgan fingerprint density at radius 3 is 0.965 bits per heavy atom. The van der Waals surface area contributed by atoms with Gasteiger partial charge in [-0.2, -0.15) is 93.0 Å². The number of ether oxygens (including phenoxy) is 4. The van der Waals surface area contributed by atoms with Crippen molar-refractivity contribution in [3.8, 4) is 0 Å². The molecule has 12 aromatic rings. The van der Waals surface area contributed by atoms with Crippen LogP contribution in [0.2, 0.25) is 0 Å². The molecule has 4 saturated heterocycles. The average molecular weight is 2000 g/mol. The Bertz CT molecular complexity index is 6350. The highest BCUT2D eigenvalue weighted by Crippen LogP contribution is 2.38. The highest BCUT2D eigenvalue weighted by molar-refractivity contribution is 5.85. The summed E-state index contributed by atoms with van der Waals surface area (Å²) in [5, 5.41) is 28.7. The number of benzene rings is 6. The van der Waals surface area contributed by atoms with Crippen molar-refractivity contribution in [2.24, 2.45) is 20.4 Å². The third kappa shape index (κ3) is 31.0. The summed E-state index contributed by atoms with van der Waals surface area (Å²) in [7, 11) is 0. The number of nitrogens with one attached hydrogen (secondary N) is 8. The first-order chi connectivity index (χ1) is 68.7. The van der Waals surface area contributed by atoms with E-state index in [1.165, 1.54) is 36.7 Å². The van der Waals surface area contributed by atoms with E-state index in [-0.39, 0.29) is 53.0 Å². The molecule has 0 atom stereocenters. The Kier molecular flexibility index (Phi) is 36.7. The molecule has 6 aromatic heterocycles. The molecule has 0 radical (unpaired) electrons. The standard InChI is InChI=1S/2C25H26F4N6O.C24H25F4N7O.C23H23F4N7O/c1-16(2)21-13-20(32-19-5-3-4-18(12-19)25(27,28)29)7-6-17(21)14-31-34-24-30-15-22(26)23(33-24)35-8-10-36-11-9-35;1-2-4-17-13-21(32-20-6-3-5-19(14-20)25(27,28)29)8-7-18(17)15-31-34-24-30-16-22(26)23(33-24)35-9-11-36-12-10-35;1-2-4-20-21(31-17-6-3-5-16(13-17)24(26,27)28)8-7-18(32-20)14-30-34-23-29-15-19(25)22(33-23)35-9-11-36-12-10-35;1-2-19-20(30-16-5-3-4-15(12-16)23(25,26)27)7-6-17(31-19)13-29-33-22-28-14-18(24)21(32-22)34-8-10-35-11-9-34/h3-7,12-16,32H,8-11H2,1-2H3,(H,30,33,34);3,5-8,13-16,32H,2,4,9-12H2,1H3,(H,30,33,34);3,5-8,13-15,31H,2,4,9-12H2,1H3,(H,29,33,34);3-7,12-14,30H,2,8-11H2,1H3,(H,28,32,33)/b31-14+;31-15+;30-14+;29-13+. The number of alkyl halides is 12. The molecular weight excluding hydrogens is 1900 g/mol. The van der Waals surface area contributed by atoms with Crippen LogP contribution in [0.5, 0.6) is 0 Å². The summed E-state index contributed by atoms with van der Waals surface area (Å²) in [5.74, 6) is -0.646. The molecule has 4 fully saturated rings. The van der Waals surface area contributed by atoms with Crippen LogP contribution < -0.4 is 62.6 Å². The van der Waals surface area contributed by atoms with Gasteiger partial charge in [0.2, 0.25) is 23.8 Å². The van der Waals surface area contributed by atoms with Crippen molar-refractivity contribution in [2.45, 2.75) is 97.3 Å². The van der Waals surface area contributed by atoms with Gasteiger partial charge in [0, 0.05) is 86.5 Å². The summed E-state index contributed by atoms with van der Waals surface area (Å²) in [4.78, 5) is 48.8. The average Bonchev–Trinajstić information content (AvgIpc) is 0.824. The third-order valence-corrected chi connectivity index (χ3v) is 21.7. The highest BCUT2D eigenvalue weighted by Gasteiger charge is 2.35. The molecule has 0 saturated carbocycles. The van der Waals surface area contributed by atoms with Crippen LogP contribution in [0.25, 0.3) is 0 Å². The van der Waals surface area contributed by atoms with E-state index in [9.17, 15) is 70.2 Å². The van der Waals surface area contributed by atoms with Gasteiger partial charge in [-0.1, -0.05) is 83.9 Å². The van der Waals surface area contributed by atoms with Crippen molar-refractivity contribution in [1.29, 1.82) is 0 Å². The topological polar surface area (TPSA) is 324 Å². The van der Waals surface area contributed by atoms with Gasteiger partial charge in [0.1, 0.15) is 0 Å². The second-order valence-electron chi connectivity index (χ2n) is 32.4. The molecule has 16 rings (SSSR count). The number of nitrogens with zero attached hydrogens (tertiary/aromatic N) is 18. The van der Waals surface area contributed by atoms with Gasteiger partial charge in [0.05, 0.1) is 159 Å². The minimum Gasteiger partial charge on any atom is -0.378 e. The fraction of sp³-hybridized carbons (Fsp3) is 0.320. The molecular formula is C97H100F16N26O4. The zero-order valence-corrected chi connectivity index (χ0v) is 77.8. The number of hydrogen-bond donors (Lipinski definition) is 8. The second kappa shape index (κ2) is 49.9. The van der Waals surface area contributed by atoms with Crippen LogP contribution >= 0.6 is 0 Å². The summed E-state index contributed by atoms with van der Waals surface area (Å²) in [6.07, 6.45) is -3.61. The Balaban J connectivity index is 0.000000160. The summed E-state index contributed by atoms with van der Waals surface area (Å²) < 4.78 is 234. The van der Waals surface area contributed by atoms with E-state index >= 15 is 0 Å². The van der Waals surface area contributed by atoms with Crippen LogP contribution in [0.1, 0.15) is 121 Å². The maximum atomic E-state index is 14.2. The molecule has 8 N–H and O–H groups in total. The lowest BCUT2D eigenvalue weighted by atomic mass is 9.97. The van der Waals surface area contributed by atoms with Gasteiger partial charge in [-0.25, -0.2) is 69.2 Å². The molecule has 0 bridgehead atoms. The van der Waals surface area contributed by atoms with E-state index in [1.54, 1.807) is 92.7 Å².